The molecule has 0 aromatic carbocycles. The highest BCUT2D eigenvalue weighted by molar-refractivity contribution is 7.14. The third-order valence-electron chi connectivity index (χ3n) is 4.57. The minimum atomic E-state index is -0.807. The number of halogens is 1. The summed E-state index contributed by atoms with van der Waals surface area (Å²) in [4.78, 5) is 28.9. The molecule has 1 amide bonds. The predicted molar refractivity (Wildman–Crippen MR) is 93.5 cm³/mol. The fourth-order valence-corrected chi connectivity index (χ4v) is 3.86. The van der Waals surface area contributed by atoms with Gasteiger partial charge in [-0.1, -0.05) is 0 Å². The first-order valence-electron chi connectivity index (χ1n) is 8.19. The molecule has 0 bridgehead atoms. The van der Waals surface area contributed by atoms with Gasteiger partial charge in [0.1, 0.15) is 17.0 Å². The molecule has 2 aliphatic heterocycles. The van der Waals surface area contributed by atoms with E-state index in [0.29, 0.717) is 48.9 Å². The number of nitrogens with zero attached hydrogens (tertiary/aromatic N) is 7. The Morgan fingerprint density at radius 1 is 1.19 bits per heavy atom. The number of alkyl halides is 1. The molecule has 1 saturated heterocycles. The fraction of sp³-hybridized carbons (Fsp3) is 0.312. The lowest BCUT2D eigenvalue weighted by molar-refractivity contribution is 0.0997. The van der Waals surface area contributed by atoms with Crippen molar-refractivity contribution in [1.29, 1.82) is 0 Å². The SMILES string of the molecule is O=C1c2cn(-c3cnc(N4CC[C@H](F)C4)cn3)nc2CN1c1cncs1. The van der Waals surface area contributed by atoms with Gasteiger partial charge in [0.2, 0.25) is 0 Å². The molecule has 0 N–H and O–H groups in total. The number of hydrogen-bond acceptors (Lipinski definition) is 7. The Hall–Kier alpha value is -2.88. The summed E-state index contributed by atoms with van der Waals surface area (Å²) in [6, 6.07) is 0. The predicted octanol–water partition coefficient (Wildman–Crippen LogP) is 1.83. The standard InChI is InChI=1S/C16H14FN7OS/c17-10-1-2-22(6-10)13-3-20-14(4-19-13)24-7-11-12(21-24)8-23(16(11)25)15-5-18-9-26-15/h3-5,7,9-10H,1-2,6,8H2/t10-/m0/s1. The highest BCUT2D eigenvalue weighted by atomic mass is 32.1. The van der Waals surface area contributed by atoms with E-state index in [9.17, 15) is 9.18 Å². The van der Waals surface area contributed by atoms with Gasteiger partial charge in [-0.25, -0.2) is 19.0 Å². The van der Waals surface area contributed by atoms with E-state index in [4.69, 9.17) is 0 Å². The van der Waals surface area contributed by atoms with Crippen molar-refractivity contribution < 1.29 is 9.18 Å². The highest BCUT2D eigenvalue weighted by Crippen LogP contribution is 2.30. The Balaban J connectivity index is 1.37. The molecule has 2 aliphatic rings. The zero-order valence-electron chi connectivity index (χ0n) is 13.6. The number of amides is 1. The maximum atomic E-state index is 13.3. The highest BCUT2D eigenvalue weighted by Gasteiger charge is 2.33. The molecule has 0 saturated carbocycles. The van der Waals surface area contributed by atoms with Crippen molar-refractivity contribution in [2.75, 3.05) is 22.9 Å². The number of thiazole rings is 1. The second kappa shape index (κ2) is 5.84. The number of anilines is 2. The Morgan fingerprint density at radius 2 is 2.04 bits per heavy atom. The molecule has 0 unspecified atom stereocenters. The molecular weight excluding hydrogens is 357 g/mol. The number of carbonyl (C=O) groups is 1. The van der Waals surface area contributed by atoms with E-state index in [1.807, 2.05) is 4.90 Å². The van der Waals surface area contributed by atoms with Gasteiger partial charge in [0.25, 0.3) is 5.91 Å². The molecule has 10 heteroatoms. The summed E-state index contributed by atoms with van der Waals surface area (Å²) < 4.78 is 14.9. The third-order valence-corrected chi connectivity index (χ3v) is 5.37. The van der Waals surface area contributed by atoms with Gasteiger partial charge >= 0.3 is 0 Å². The first kappa shape index (κ1) is 15.4. The van der Waals surface area contributed by atoms with Crippen molar-refractivity contribution in [1.82, 2.24) is 24.7 Å². The molecule has 1 fully saturated rings. The van der Waals surface area contributed by atoms with Gasteiger partial charge in [-0.15, -0.1) is 11.3 Å². The number of fused-ring (bicyclic) bond motifs is 1. The normalized spacial score (nSPS) is 19.4. The van der Waals surface area contributed by atoms with Gasteiger partial charge in [0.05, 0.1) is 48.4 Å². The van der Waals surface area contributed by atoms with Crippen molar-refractivity contribution in [3.05, 3.63) is 41.6 Å². The van der Waals surface area contributed by atoms with Crippen LogP contribution in [-0.2, 0) is 6.54 Å². The number of carbonyl (C=O) groups excluding carboxylic acids is 1. The molecule has 8 nitrogen and oxygen atoms in total. The van der Waals surface area contributed by atoms with Crippen LogP contribution in [-0.4, -0.2) is 49.9 Å². The van der Waals surface area contributed by atoms with Crippen LogP contribution in [0.25, 0.3) is 5.82 Å². The van der Waals surface area contributed by atoms with Crippen LogP contribution >= 0.6 is 11.3 Å². The third kappa shape index (κ3) is 2.45. The number of hydrogen-bond donors (Lipinski definition) is 0. The number of rotatable bonds is 3. The molecule has 5 rings (SSSR count). The van der Waals surface area contributed by atoms with E-state index in [1.54, 1.807) is 39.9 Å². The summed E-state index contributed by atoms with van der Waals surface area (Å²) in [5.74, 6) is 1.09. The van der Waals surface area contributed by atoms with E-state index in [2.05, 4.69) is 20.1 Å². The Labute approximate surface area is 151 Å². The summed E-state index contributed by atoms with van der Waals surface area (Å²) in [6.07, 6.45) is 6.27. The van der Waals surface area contributed by atoms with Crippen LogP contribution in [0.1, 0.15) is 22.5 Å². The van der Waals surface area contributed by atoms with Crippen LogP contribution in [0.2, 0.25) is 0 Å². The number of aromatic nitrogens is 5. The molecule has 0 radical (unpaired) electrons. The van der Waals surface area contributed by atoms with Crippen LogP contribution in [0.15, 0.2) is 30.3 Å². The topological polar surface area (TPSA) is 80.0 Å². The van der Waals surface area contributed by atoms with Crippen molar-refractivity contribution >= 4 is 28.1 Å². The van der Waals surface area contributed by atoms with Gasteiger partial charge in [-0.3, -0.25) is 14.7 Å². The van der Waals surface area contributed by atoms with Crippen LogP contribution in [0.4, 0.5) is 15.2 Å². The maximum absolute atomic E-state index is 13.3. The van der Waals surface area contributed by atoms with E-state index < -0.39 is 6.17 Å². The maximum Gasteiger partial charge on any atom is 0.262 e. The molecule has 1 atom stereocenters. The fourth-order valence-electron chi connectivity index (χ4n) is 3.23. The summed E-state index contributed by atoms with van der Waals surface area (Å²) in [5, 5.41) is 5.28. The summed E-state index contributed by atoms with van der Waals surface area (Å²) in [7, 11) is 0. The van der Waals surface area contributed by atoms with Gasteiger partial charge in [-0.2, -0.15) is 5.10 Å². The van der Waals surface area contributed by atoms with Gasteiger partial charge < -0.3 is 4.90 Å². The van der Waals surface area contributed by atoms with Gasteiger partial charge in [0.15, 0.2) is 5.82 Å². The molecule has 5 heterocycles. The van der Waals surface area contributed by atoms with E-state index in [-0.39, 0.29) is 5.91 Å². The van der Waals surface area contributed by atoms with E-state index in [0.717, 1.165) is 5.00 Å². The first-order chi connectivity index (χ1) is 12.7. The Morgan fingerprint density at radius 3 is 2.69 bits per heavy atom. The average Bonchev–Trinajstić information content (AvgIpc) is 3.41. The lowest BCUT2D eigenvalue weighted by Crippen LogP contribution is -2.23. The van der Waals surface area contributed by atoms with Gasteiger partial charge in [0, 0.05) is 12.7 Å². The molecule has 26 heavy (non-hydrogen) atoms. The van der Waals surface area contributed by atoms with Crippen molar-refractivity contribution in [3.8, 4) is 5.82 Å². The zero-order valence-corrected chi connectivity index (χ0v) is 14.4. The van der Waals surface area contributed by atoms with Crippen molar-refractivity contribution in [2.45, 2.75) is 19.1 Å². The first-order valence-corrected chi connectivity index (χ1v) is 9.07. The van der Waals surface area contributed by atoms with E-state index >= 15 is 0 Å². The van der Waals surface area contributed by atoms with Crippen LogP contribution in [0.3, 0.4) is 0 Å². The second-order valence-electron chi connectivity index (χ2n) is 6.23. The van der Waals surface area contributed by atoms with Crippen LogP contribution < -0.4 is 9.80 Å². The molecule has 132 valence electrons. The zero-order chi connectivity index (χ0) is 17.7. The summed E-state index contributed by atoms with van der Waals surface area (Å²) in [6.45, 7) is 1.42. The molecular formula is C16H14FN7OS. The van der Waals surface area contributed by atoms with Crippen molar-refractivity contribution in [3.63, 3.8) is 0 Å². The monoisotopic (exact) mass is 371 g/mol. The molecule has 0 aliphatic carbocycles. The van der Waals surface area contributed by atoms with Crippen LogP contribution in [0.5, 0.6) is 0 Å². The second-order valence-corrected chi connectivity index (χ2v) is 7.09. The molecule has 0 spiro atoms. The lowest BCUT2D eigenvalue weighted by Gasteiger charge is -2.15. The smallest absolute Gasteiger partial charge is 0.262 e. The minimum Gasteiger partial charge on any atom is -0.352 e. The molecule has 3 aromatic rings. The average molecular weight is 371 g/mol. The Bertz CT molecular complexity index is 956. The van der Waals surface area contributed by atoms with Crippen molar-refractivity contribution in [2.24, 2.45) is 0 Å². The largest absolute Gasteiger partial charge is 0.352 e. The molecule has 3 aromatic heterocycles. The summed E-state index contributed by atoms with van der Waals surface area (Å²) in [5.41, 5.74) is 2.96. The lowest BCUT2D eigenvalue weighted by atomic mass is 10.3. The van der Waals surface area contributed by atoms with Crippen LogP contribution in [0, 0.1) is 0 Å². The van der Waals surface area contributed by atoms with Gasteiger partial charge in [-0.05, 0) is 6.42 Å². The Kier molecular flexibility index (Phi) is 3.45. The van der Waals surface area contributed by atoms with E-state index in [1.165, 1.54) is 11.3 Å². The summed E-state index contributed by atoms with van der Waals surface area (Å²) >= 11 is 1.42. The minimum absolute atomic E-state index is 0.0915. The quantitative estimate of drug-likeness (QED) is 0.699.